The van der Waals surface area contributed by atoms with Gasteiger partial charge in [-0.3, -0.25) is 4.79 Å². The van der Waals surface area contributed by atoms with Crippen LogP contribution in [0.2, 0.25) is 0 Å². The molecule has 19 heavy (non-hydrogen) atoms. The summed E-state index contributed by atoms with van der Waals surface area (Å²) in [7, 11) is 1.52. The zero-order valence-corrected chi connectivity index (χ0v) is 10.4. The fourth-order valence-corrected chi connectivity index (χ4v) is 1.62. The number of aromatic nitrogens is 1. The van der Waals surface area contributed by atoms with Gasteiger partial charge in [-0.05, 0) is 18.2 Å². The monoisotopic (exact) mass is 259 g/mol. The minimum absolute atomic E-state index is 0.106. The molecule has 5 heteroatoms. The summed E-state index contributed by atoms with van der Waals surface area (Å²) in [4.78, 5) is 14.9. The summed E-state index contributed by atoms with van der Waals surface area (Å²) in [6, 6.07) is 10.4. The Labute approximate surface area is 110 Å². The van der Waals surface area contributed by atoms with Gasteiger partial charge in [0.25, 0.3) is 5.88 Å². The average Bonchev–Trinajstić information content (AvgIpc) is 2.41. The van der Waals surface area contributed by atoms with Gasteiger partial charge in [0, 0.05) is 11.8 Å². The Morgan fingerprint density at radius 1 is 1.21 bits per heavy atom. The van der Waals surface area contributed by atoms with Gasteiger partial charge < -0.3 is 14.6 Å². The van der Waals surface area contributed by atoms with Gasteiger partial charge >= 0.3 is 5.97 Å². The highest BCUT2D eigenvalue weighted by molar-refractivity contribution is 5.71. The third-order valence-electron chi connectivity index (χ3n) is 2.48. The molecular weight excluding hydrogens is 246 g/mol. The normalized spacial score (nSPS) is 9.95. The Balaban J connectivity index is 2.30. The van der Waals surface area contributed by atoms with Crippen molar-refractivity contribution in [2.24, 2.45) is 0 Å². The standard InChI is InChI=1S/C14H13NO4/c1-18-12-7-4-8-15-14(12)19-11-6-3-2-5-10(11)9-13(16)17/h2-8H,9H2,1H3,(H,16,17). The number of benzene rings is 1. The van der Waals surface area contributed by atoms with Crippen LogP contribution < -0.4 is 9.47 Å². The summed E-state index contributed by atoms with van der Waals surface area (Å²) in [5.41, 5.74) is 0.586. The van der Waals surface area contributed by atoms with Crippen LogP contribution in [0, 0.1) is 0 Å². The first-order chi connectivity index (χ1) is 9.20. The van der Waals surface area contributed by atoms with E-state index in [4.69, 9.17) is 14.6 Å². The van der Waals surface area contributed by atoms with E-state index in [9.17, 15) is 4.79 Å². The third-order valence-corrected chi connectivity index (χ3v) is 2.48. The number of nitrogens with zero attached hydrogens (tertiary/aromatic N) is 1. The van der Waals surface area contributed by atoms with Crippen molar-refractivity contribution in [3.8, 4) is 17.4 Å². The maximum absolute atomic E-state index is 10.8. The fraction of sp³-hybridized carbons (Fsp3) is 0.143. The molecule has 0 saturated carbocycles. The quantitative estimate of drug-likeness (QED) is 0.893. The number of pyridine rings is 1. The molecule has 1 aromatic carbocycles. The predicted molar refractivity (Wildman–Crippen MR) is 68.6 cm³/mol. The number of carboxylic acids is 1. The van der Waals surface area contributed by atoms with E-state index in [1.807, 2.05) is 0 Å². The van der Waals surface area contributed by atoms with Gasteiger partial charge in [0.15, 0.2) is 5.75 Å². The lowest BCUT2D eigenvalue weighted by Gasteiger charge is -2.11. The van der Waals surface area contributed by atoms with E-state index in [1.165, 1.54) is 7.11 Å². The molecule has 98 valence electrons. The number of hydrogen-bond acceptors (Lipinski definition) is 4. The molecule has 0 radical (unpaired) electrons. The lowest BCUT2D eigenvalue weighted by molar-refractivity contribution is -0.136. The number of carboxylic acid groups (broad SMARTS) is 1. The number of hydrogen-bond donors (Lipinski definition) is 1. The molecule has 0 unspecified atom stereocenters. The smallest absolute Gasteiger partial charge is 0.307 e. The second-order valence-corrected chi connectivity index (χ2v) is 3.79. The first-order valence-corrected chi connectivity index (χ1v) is 5.67. The maximum Gasteiger partial charge on any atom is 0.307 e. The number of aliphatic carboxylic acids is 1. The molecule has 0 fully saturated rings. The molecule has 0 atom stereocenters. The van der Waals surface area contributed by atoms with Gasteiger partial charge in [0.2, 0.25) is 0 Å². The predicted octanol–water partition coefficient (Wildman–Crippen LogP) is 2.51. The molecule has 0 aliphatic rings. The van der Waals surface area contributed by atoms with E-state index in [2.05, 4.69) is 4.98 Å². The van der Waals surface area contributed by atoms with Crippen LogP contribution >= 0.6 is 0 Å². The van der Waals surface area contributed by atoms with E-state index < -0.39 is 5.97 Å². The lowest BCUT2D eigenvalue weighted by atomic mass is 10.1. The molecule has 5 nitrogen and oxygen atoms in total. The molecule has 1 heterocycles. The van der Waals surface area contributed by atoms with Crippen molar-refractivity contribution >= 4 is 5.97 Å². The summed E-state index contributed by atoms with van der Waals surface area (Å²) in [6.07, 6.45) is 1.48. The van der Waals surface area contributed by atoms with Gasteiger partial charge in [0.05, 0.1) is 13.5 Å². The van der Waals surface area contributed by atoms with Crippen molar-refractivity contribution in [3.63, 3.8) is 0 Å². The van der Waals surface area contributed by atoms with Gasteiger partial charge in [0.1, 0.15) is 5.75 Å². The summed E-state index contributed by atoms with van der Waals surface area (Å²) in [5.74, 6) is 0.349. The SMILES string of the molecule is COc1cccnc1Oc1ccccc1CC(=O)O. The van der Waals surface area contributed by atoms with E-state index in [0.29, 0.717) is 22.9 Å². The first-order valence-electron chi connectivity index (χ1n) is 5.67. The van der Waals surface area contributed by atoms with Crippen LogP contribution in [0.25, 0.3) is 0 Å². The summed E-state index contributed by atoms with van der Waals surface area (Å²) in [5, 5.41) is 8.86. The van der Waals surface area contributed by atoms with Crippen molar-refractivity contribution < 1.29 is 19.4 Å². The van der Waals surface area contributed by atoms with Crippen LogP contribution in [0.4, 0.5) is 0 Å². The highest BCUT2D eigenvalue weighted by Crippen LogP contribution is 2.30. The Bertz CT molecular complexity index is 583. The zero-order chi connectivity index (χ0) is 13.7. The average molecular weight is 259 g/mol. The fourth-order valence-electron chi connectivity index (χ4n) is 1.62. The maximum atomic E-state index is 10.8. The molecule has 0 aliphatic heterocycles. The van der Waals surface area contributed by atoms with Crippen molar-refractivity contribution in [2.75, 3.05) is 7.11 Å². The van der Waals surface area contributed by atoms with Crippen molar-refractivity contribution in [3.05, 3.63) is 48.2 Å². The van der Waals surface area contributed by atoms with Crippen LogP contribution in [0.5, 0.6) is 17.4 Å². The molecule has 0 saturated heterocycles. The van der Waals surface area contributed by atoms with Gasteiger partial charge in [-0.1, -0.05) is 18.2 Å². The number of carbonyl (C=O) groups is 1. The molecular formula is C14H13NO4. The van der Waals surface area contributed by atoms with Crippen molar-refractivity contribution in [1.82, 2.24) is 4.98 Å². The van der Waals surface area contributed by atoms with Crippen LogP contribution in [-0.2, 0) is 11.2 Å². The van der Waals surface area contributed by atoms with Crippen LogP contribution in [-0.4, -0.2) is 23.2 Å². The van der Waals surface area contributed by atoms with E-state index >= 15 is 0 Å². The summed E-state index contributed by atoms with van der Waals surface area (Å²) < 4.78 is 10.8. The van der Waals surface area contributed by atoms with Crippen LogP contribution in [0.3, 0.4) is 0 Å². The zero-order valence-electron chi connectivity index (χ0n) is 10.4. The van der Waals surface area contributed by atoms with Crippen molar-refractivity contribution in [2.45, 2.75) is 6.42 Å². The Morgan fingerprint density at radius 2 is 1.95 bits per heavy atom. The summed E-state index contributed by atoms with van der Waals surface area (Å²) in [6.45, 7) is 0. The number of ether oxygens (including phenoxy) is 2. The highest BCUT2D eigenvalue weighted by atomic mass is 16.5. The minimum atomic E-state index is -0.913. The topological polar surface area (TPSA) is 68.7 Å². The van der Waals surface area contributed by atoms with Gasteiger partial charge in [-0.15, -0.1) is 0 Å². The second-order valence-electron chi connectivity index (χ2n) is 3.79. The summed E-state index contributed by atoms with van der Waals surface area (Å²) >= 11 is 0. The molecule has 0 amide bonds. The molecule has 1 aromatic heterocycles. The van der Waals surface area contributed by atoms with Crippen molar-refractivity contribution in [1.29, 1.82) is 0 Å². The van der Waals surface area contributed by atoms with E-state index in [1.54, 1.807) is 42.6 Å². The molecule has 0 aliphatic carbocycles. The van der Waals surface area contributed by atoms with Gasteiger partial charge in [-0.2, -0.15) is 0 Å². The molecule has 1 N–H and O–H groups in total. The highest BCUT2D eigenvalue weighted by Gasteiger charge is 2.11. The lowest BCUT2D eigenvalue weighted by Crippen LogP contribution is -2.02. The number of rotatable bonds is 5. The number of para-hydroxylation sites is 1. The Hall–Kier alpha value is -2.56. The molecule has 0 bridgehead atoms. The third kappa shape index (κ3) is 3.22. The molecule has 2 rings (SSSR count). The molecule has 0 spiro atoms. The second kappa shape index (κ2) is 5.86. The van der Waals surface area contributed by atoms with Gasteiger partial charge in [-0.25, -0.2) is 4.98 Å². The van der Waals surface area contributed by atoms with Crippen LogP contribution in [0.1, 0.15) is 5.56 Å². The Morgan fingerprint density at radius 3 is 2.68 bits per heavy atom. The number of methoxy groups -OCH3 is 1. The van der Waals surface area contributed by atoms with Crippen LogP contribution in [0.15, 0.2) is 42.6 Å². The van der Waals surface area contributed by atoms with E-state index in [-0.39, 0.29) is 6.42 Å². The van der Waals surface area contributed by atoms with E-state index in [0.717, 1.165) is 0 Å². The minimum Gasteiger partial charge on any atom is -0.491 e. The molecule has 2 aromatic rings. The first kappa shape index (κ1) is 12.9. The largest absolute Gasteiger partial charge is 0.491 e. The Kier molecular flexibility index (Phi) is 3.97.